The van der Waals surface area contributed by atoms with Crippen LogP contribution in [0.3, 0.4) is 0 Å². The highest BCUT2D eigenvalue weighted by atomic mass is 16.5. The van der Waals surface area contributed by atoms with Crippen LogP contribution < -0.4 is 4.74 Å². The molecule has 1 saturated heterocycles. The summed E-state index contributed by atoms with van der Waals surface area (Å²) in [5, 5.41) is 0. The molecule has 6 heteroatoms. The van der Waals surface area contributed by atoms with Gasteiger partial charge in [0.25, 0.3) is 0 Å². The van der Waals surface area contributed by atoms with E-state index in [1.165, 1.54) is 0 Å². The molecule has 0 N–H and O–H groups in total. The molecule has 1 aromatic heterocycles. The van der Waals surface area contributed by atoms with Crippen molar-refractivity contribution in [1.29, 1.82) is 0 Å². The summed E-state index contributed by atoms with van der Waals surface area (Å²) in [6, 6.07) is 6.08. The molecule has 1 aromatic carbocycles. The van der Waals surface area contributed by atoms with Crippen LogP contribution in [0, 0.1) is 0 Å². The summed E-state index contributed by atoms with van der Waals surface area (Å²) in [6.45, 7) is 4.02. The first-order valence-corrected chi connectivity index (χ1v) is 8.18. The van der Waals surface area contributed by atoms with Crippen LogP contribution in [0.15, 0.2) is 30.6 Å². The lowest BCUT2D eigenvalue weighted by Gasteiger charge is -2.30. The lowest BCUT2D eigenvalue weighted by atomic mass is 10.1. The fraction of sp³-hybridized carbons (Fsp3) is 0.500. The van der Waals surface area contributed by atoms with Crippen molar-refractivity contribution in [2.45, 2.75) is 19.3 Å². The van der Waals surface area contributed by atoms with Crippen LogP contribution in [0.2, 0.25) is 0 Å². The second kappa shape index (κ2) is 7.79. The number of methoxy groups -OCH3 is 2. The molecule has 1 aliphatic rings. The minimum Gasteiger partial charge on any atom is -0.496 e. The van der Waals surface area contributed by atoms with Gasteiger partial charge in [-0.15, -0.1) is 0 Å². The van der Waals surface area contributed by atoms with Gasteiger partial charge in [-0.2, -0.15) is 0 Å². The zero-order chi connectivity index (χ0) is 16.9. The Kier molecular flexibility index (Phi) is 5.50. The lowest BCUT2D eigenvalue weighted by Crippen LogP contribution is -2.41. The Balaban J connectivity index is 1.83. The van der Waals surface area contributed by atoms with Crippen LogP contribution in [-0.2, 0) is 22.6 Å². The maximum Gasteiger partial charge on any atom is 0.139 e. The van der Waals surface area contributed by atoms with E-state index in [1.807, 2.05) is 24.5 Å². The Bertz CT molecular complexity index is 671. The van der Waals surface area contributed by atoms with E-state index >= 15 is 0 Å². The molecule has 0 saturated carbocycles. The van der Waals surface area contributed by atoms with Crippen LogP contribution >= 0.6 is 0 Å². The second-order valence-electron chi connectivity index (χ2n) is 6.12. The van der Waals surface area contributed by atoms with E-state index in [-0.39, 0.29) is 6.10 Å². The molecule has 1 atom stereocenters. The number of nitrogens with zero attached hydrogens (tertiary/aromatic N) is 3. The molecular weight excluding hydrogens is 306 g/mol. The number of morpholine rings is 1. The van der Waals surface area contributed by atoms with Gasteiger partial charge in [-0.05, 0) is 25.2 Å². The molecule has 1 unspecified atom stereocenters. The molecule has 1 aliphatic heterocycles. The first kappa shape index (κ1) is 17.0. The van der Waals surface area contributed by atoms with Crippen molar-refractivity contribution < 1.29 is 14.2 Å². The summed E-state index contributed by atoms with van der Waals surface area (Å²) in [7, 11) is 5.49. The van der Waals surface area contributed by atoms with Gasteiger partial charge >= 0.3 is 0 Å². The van der Waals surface area contributed by atoms with E-state index in [2.05, 4.69) is 27.6 Å². The molecule has 1 fully saturated rings. The van der Waals surface area contributed by atoms with Gasteiger partial charge in [0.05, 0.1) is 33.0 Å². The highest BCUT2D eigenvalue weighted by molar-refractivity contribution is 5.59. The molecule has 2 aromatic rings. The zero-order valence-electron chi connectivity index (χ0n) is 14.6. The Morgan fingerprint density at radius 2 is 2.21 bits per heavy atom. The second-order valence-corrected chi connectivity index (χ2v) is 6.12. The number of rotatable bonds is 6. The van der Waals surface area contributed by atoms with E-state index in [9.17, 15) is 0 Å². The van der Waals surface area contributed by atoms with E-state index in [4.69, 9.17) is 14.2 Å². The number of likely N-dealkylation sites (N-methyl/N-ethyl adjacent to an activating group) is 1. The van der Waals surface area contributed by atoms with Gasteiger partial charge in [0.15, 0.2) is 0 Å². The molecule has 0 amide bonds. The highest BCUT2D eigenvalue weighted by Crippen LogP contribution is 2.26. The predicted octanol–water partition coefficient (Wildman–Crippen LogP) is 2.04. The summed E-state index contributed by atoms with van der Waals surface area (Å²) >= 11 is 0. The zero-order valence-corrected chi connectivity index (χ0v) is 14.6. The van der Waals surface area contributed by atoms with Gasteiger partial charge in [-0.25, -0.2) is 4.98 Å². The van der Waals surface area contributed by atoms with Gasteiger partial charge in [0.1, 0.15) is 11.6 Å². The van der Waals surface area contributed by atoms with E-state index < -0.39 is 0 Å². The summed E-state index contributed by atoms with van der Waals surface area (Å²) in [6.07, 6.45) is 4.03. The van der Waals surface area contributed by atoms with Crippen molar-refractivity contribution in [2.24, 2.45) is 0 Å². The van der Waals surface area contributed by atoms with Gasteiger partial charge in [-0.3, -0.25) is 0 Å². The maximum atomic E-state index is 5.88. The molecule has 24 heavy (non-hydrogen) atoms. The Labute approximate surface area is 143 Å². The molecule has 0 radical (unpaired) electrons. The van der Waals surface area contributed by atoms with Crippen LogP contribution in [0.4, 0.5) is 0 Å². The molecule has 0 aliphatic carbocycles. The van der Waals surface area contributed by atoms with Gasteiger partial charge in [0.2, 0.25) is 0 Å². The SMILES string of the molecule is COCc1cc(-c2nccn2CC2CN(C)CCO2)ccc1OC. The van der Waals surface area contributed by atoms with Crippen molar-refractivity contribution >= 4 is 0 Å². The van der Waals surface area contributed by atoms with Crippen LogP contribution in [-0.4, -0.2) is 61.5 Å². The van der Waals surface area contributed by atoms with Crippen molar-refractivity contribution in [3.05, 3.63) is 36.2 Å². The van der Waals surface area contributed by atoms with Crippen molar-refractivity contribution in [1.82, 2.24) is 14.5 Å². The van der Waals surface area contributed by atoms with Gasteiger partial charge < -0.3 is 23.7 Å². The number of imidazole rings is 1. The standard InChI is InChI=1S/C18H25N3O3/c1-20-8-9-24-16(11-20)12-21-7-6-19-18(21)14-4-5-17(23-3)15(10-14)13-22-2/h4-7,10,16H,8-9,11-13H2,1-3H3. The molecule has 3 rings (SSSR count). The quantitative estimate of drug-likeness (QED) is 0.811. The lowest BCUT2D eigenvalue weighted by molar-refractivity contribution is -0.0272. The van der Waals surface area contributed by atoms with E-state index in [0.717, 1.165) is 48.9 Å². The summed E-state index contributed by atoms with van der Waals surface area (Å²) in [5.74, 6) is 1.77. The molecule has 130 valence electrons. The third kappa shape index (κ3) is 3.77. The number of benzene rings is 1. The van der Waals surface area contributed by atoms with E-state index in [1.54, 1.807) is 14.2 Å². The Hall–Kier alpha value is -1.89. The first-order valence-electron chi connectivity index (χ1n) is 8.18. The molecule has 0 bridgehead atoms. The monoisotopic (exact) mass is 331 g/mol. The summed E-state index contributed by atoms with van der Waals surface area (Å²) in [5.41, 5.74) is 2.07. The van der Waals surface area contributed by atoms with Crippen LogP contribution in [0.25, 0.3) is 11.4 Å². The molecule has 0 spiro atoms. The minimum atomic E-state index is 0.188. The normalized spacial score (nSPS) is 18.7. The fourth-order valence-electron chi connectivity index (χ4n) is 3.10. The summed E-state index contributed by atoms with van der Waals surface area (Å²) in [4.78, 5) is 6.84. The molecule has 2 heterocycles. The predicted molar refractivity (Wildman–Crippen MR) is 92.2 cm³/mol. The molecular formula is C18H25N3O3. The Morgan fingerprint density at radius 3 is 2.96 bits per heavy atom. The van der Waals surface area contributed by atoms with Crippen LogP contribution in [0.5, 0.6) is 5.75 Å². The number of ether oxygens (including phenoxy) is 3. The van der Waals surface area contributed by atoms with Crippen molar-refractivity contribution in [3.63, 3.8) is 0 Å². The van der Waals surface area contributed by atoms with Crippen molar-refractivity contribution in [2.75, 3.05) is 41.0 Å². The average molecular weight is 331 g/mol. The number of hydrogen-bond donors (Lipinski definition) is 0. The third-order valence-corrected chi connectivity index (χ3v) is 4.30. The number of hydrogen-bond acceptors (Lipinski definition) is 5. The smallest absolute Gasteiger partial charge is 0.139 e. The maximum absolute atomic E-state index is 5.88. The number of aromatic nitrogens is 2. The molecule has 6 nitrogen and oxygen atoms in total. The van der Waals surface area contributed by atoms with Gasteiger partial charge in [0, 0.05) is 43.7 Å². The average Bonchev–Trinajstić information content (AvgIpc) is 3.03. The highest BCUT2D eigenvalue weighted by Gasteiger charge is 2.19. The topological polar surface area (TPSA) is 48.8 Å². The third-order valence-electron chi connectivity index (χ3n) is 4.30. The summed E-state index contributed by atoms with van der Waals surface area (Å²) < 4.78 is 18.7. The minimum absolute atomic E-state index is 0.188. The van der Waals surface area contributed by atoms with Gasteiger partial charge in [-0.1, -0.05) is 0 Å². The first-order chi connectivity index (χ1) is 11.7. The largest absolute Gasteiger partial charge is 0.496 e. The Morgan fingerprint density at radius 1 is 1.33 bits per heavy atom. The fourth-order valence-corrected chi connectivity index (χ4v) is 3.10. The van der Waals surface area contributed by atoms with E-state index in [0.29, 0.717) is 6.61 Å². The van der Waals surface area contributed by atoms with Crippen molar-refractivity contribution in [3.8, 4) is 17.1 Å². The van der Waals surface area contributed by atoms with Crippen LogP contribution in [0.1, 0.15) is 5.56 Å².